The summed E-state index contributed by atoms with van der Waals surface area (Å²) in [4.78, 5) is 8.28. The minimum absolute atomic E-state index is 0.146. The van der Waals surface area contributed by atoms with Gasteiger partial charge in [0.1, 0.15) is 36.6 Å². The molecule has 19 nitrogen and oxygen atoms in total. The van der Waals surface area contributed by atoms with Crippen LogP contribution in [0, 0.1) is 5.92 Å². The van der Waals surface area contributed by atoms with Crippen molar-refractivity contribution in [2.75, 3.05) is 0 Å². The van der Waals surface area contributed by atoms with Gasteiger partial charge in [0.25, 0.3) is 0 Å². The van der Waals surface area contributed by atoms with E-state index in [9.17, 15) is 36.2 Å². The minimum Gasteiger partial charge on any atom is -0.391 e. The lowest BCUT2D eigenvalue weighted by Crippen LogP contribution is -2.63. The van der Waals surface area contributed by atoms with E-state index in [1.54, 1.807) is 0 Å². The van der Waals surface area contributed by atoms with Crippen LogP contribution in [0.15, 0.2) is 15.3 Å². The molecule has 16 atom stereocenters. The van der Waals surface area contributed by atoms with Gasteiger partial charge in [-0.25, -0.2) is 0 Å². The lowest BCUT2D eigenvalue weighted by molar-refractivity contribution is -0.317. The molecule has 3 rings (SSSR count). The second-order valence-electron chi connectivity index (χ2n) is 10.9. The second kappa shape index (κ2) is 15.3. The van der Waals surface area contributed by atoms with Crippen LogP contribution in [0.1, 0.15) is 46.5 Å². The number of aliphatic hydroxyl groups excluding tert-OH is 6. The van der Waals surface area contributed by atoms with Crippen LogP contribution < -0.4 is 0 Å². The van der Waals surface area contributed by atoms with Gasteiger partial charge < -0.3 is 49.6 Å². The van der Waals surface area contributed by atoms with Crippen LogP contribution in [-0.4, -0.2) is 122 Å². The molecule has 3 fully saturated rings. The van der Waals surface area contributed by atoms with Gasteiger partial charge in [-0.15, -0.1) is 0 Å². The first-order chi connectivity index (χ1) is 20.0. The molecule has 0 aromatic heterocycles. The Bertz CT molecular complexity index is 1040. The van der Waals surface area contributed by atoms with Crippen LogP contribution in [-0.2, 0) is 18.9 Å². The van der Waals surface area contributed by atoms with Crippen molar-refractivity contribution in [1.82, 2.24) is 0 Å². The Labute approximate surface area is 240 Å². The summed E-state index contributed by atoms with van der Waals surface area (Å²) in [5.74, 6) is -0.454. The smallest absolute Gasteiger partial charge is 0.187 e. The van der Waals surface area contributed by atoms with Crippen LogP contribution in [0.4, 0.5) is 0 Å². The van der Waals surface area contributed by atoms with Crippen molar-refractivity contribution in [2.45, 2.75) is 138 Å². The number of ether oxygens (including phenoxy) is 4. The van der Waals surface area contributed by atoms with Crippen molar-refractivity contribution in [1.29, 1.82) is 0 Å². The van der Waals surface area contributed by atoms with E-state index in [-0.39, 0.29) is 6.42 Å². The maximum Gasteiger partial charge on any atom is 0.187 e. The predicted octanol–water partition coefficient (Wildman–Crippen LogP) is 0.659. The normalized spacial score (nSPS) is 43.4. The number of aliphatic hydroxyl groups is 6. The largest absolute Gasteiger partial charge is 0.391 e. The zero-order chi connectivity index (χ0) is 31.1. The quantitative estimate of drug-likeness (QED) is 0.103. The van der Waals surface area contributed by atoms with E-state index in [1.807, 2.05) is 6.92 Å². The van der Waals surface area contributed by atoms with Crippen LogP contribution in [0.5, 0.6) is 0 Å². The third-order valence-electron chi connectivity index (χ3n) is 8.01. The molecule has 19 heteroatoms. The number of unbranched alkanes of at least 4 members (excludes halogenated alkanes) is 1. The number of hydrogen-bond donors (Lipinski definition) is 6. The lowest BCUT2D eigenvalue weighted by atomic mass is 9.77. The zero-order valence-corrected chi connectivity index (χ0v) is 23.4. The summed E-state index contributed by atoms with van der Waals surface area (Å²) in [6.07, 6.45) is -15.3. The maximum atomic E-state index is 11.5. The molecule has 0 radical (unpaired) electrons. The molecule has 2 heterocycles. The van der Waals surface area contributed by atoms with E-state index in [0.717, 1.165) is 12.8 Å². The Hall–Kier alpha value is -2.47. The molecule has 6 N–H and O–H groups in total. The Kier molecular flexibility index (Phi) is 12.4. The van der Waals surface area contributed by atoms with Crippen molar-refractivity contribution < 1.29 is 49.6 Å². The van der Waals surface area contributed by atoms with Crippen molar-refractivity contribution in [3.8, 4) is 0 Å². The fourth-order valence-electron chi connectivity index (χ4n) is 5.73. The van der Waals surface area contributed by atoms with Gasteiger partial charge in [-0.1, -0.05) is 42.0 Å². The number of hydrogen-bond acceptors (Lipinski definition) is 13. The average Bonchev–Trinajstić information content (AvgIpc) is 3.23. The van der Waals surface area contributed by atoms with Gasteiger partial charge in [0, 0.05) is 14.7 Å². The molecule has 0 aromatic carbocycles. The molecule has 0 bridgehead atoms. The van der Waals surface area contributed by atoms with Crippen LogP contribution in [0.2, 0.25) is 0 Å². The van der Waals surface area contributed by atoms with E-state index in [1.165, 1.54) is 13.8 Å². The van der Waals surface area contributed by atoms with Gasteiger partial charge in [0.05, 0.1) is 42.6 Å². The summed E-state index contributed by atoms with van der Waals surface area (Å²) in [7, 11) is 0. The van der Waals surface area contributed by atoms with Crippen molar-refractivity contribution >= 4 is 0 Å². The average molecular weight is 602 g/mol. The monoisotopic (exact) mass is 601 g/mol. The summed E-state index contributed by atoms with van der Waals surface area (Å²) in [5.41, 5.74) is 27.2. The van der Waals surface area contributed by atoms with Gasteiger partial charge >= 0.3 is 0 Å². The van der Waals surface area contributed by atoms with Crippen LogP contribution >= 0.6 is 0 Å². The first-order valence-corrected chi connectivity index (χ1v) is 13.8. The highest BCUT2D eigenvalue weighted by Gasteiger charge is 2.54. The third-order valence-corrected chi connectivity index (χ3v) is 8.01. The van der Waals surface area contributed by atoms with Crippen molar-refractivity contribution in [2.24, 2.45) is 21.3 Å². The summed E-state index contributed by atoms with van der Waals surface area (Å²) in [6.45, 7) is 4.74. The Balaban J connectivity index is 1.99. The highest BCUT2D eigenvalue weighted by Crippen LogP contribution is 2.39. The highest BCUT2D eigenvalue weighted by molar-refractivity contribution is 5.02. The Morgan fingerprint density at radius 2 is 1.43 bits per heavy atom. The molecule has 2 aliphatic heterocycles. The molecule has 2 saturated heterocycles. The second-order valence-corrected chi connectivity index (χ2v) is 10.9. The molecule has 6 unspecified atom stereocenters. The van der Waals surface area contributed by atoms with Gasteiger partial charge in [-0.05, 0) is 42.3 Å². The number of rotatable bonds is 12. The van der Waals surface area contributed by atoms with Gasteiger partial charge in [0.2, 0.25) is 0 Å². The maximum absolute atomic E-state index is 11.5. The van der Waals surface area contributed by atoms with Gasteiger partial charge in [-0.3, -0.25) is 0 Å². The molecule has 42 heavy (non-hydrogen) atoms. The summed E-state index contributed by atoms with van der Waals surface area (Å²) in [5, 5.41) is 74.8. The molecule has 0 aromatic rings. The van der Waals surface area contributed by atoms with Crippen molar-refractivity contribution in [3.63, 3.8) is 0 Å². The zero-order valence-electron chi connectivity index (χ0n) is 23.4. The first-order valence-electron chi connectivity index (χ1n) is 13.8. The van der Waals surface area contributed by atoms with E-state index in [4.69, 9.17) is 30.0 Å². The van der Waals surface area contributed by atoms with Gasteiger partial charge in [0.15, 0.2) is 12.6 Å². The topological polar surface area (TPSA) is 305 Å². The Morgan fingerprint density at radius 3 is 2.02 bits per heavy atom. The number of nitrogens with zero attached hydrogens (tertiary/aromatic N) is 9. The molecule has 1 saturated carbocycles. The van der Waals surface area contributed by atoms with Gasteiger partial charge in [-0.2, -0.15) is 0 Å². The molecular formula is C23H39N9O10. The molecule has 0 amide bonds. The minimum atomic E-state index is -1.72. The molecular weight excluding hydrogens is 562 g/mol. The van der Waals surface area contributed by atoms with E-state index >= 15 is 0 Å². The van der Waals surface area contributed by atoms with E-state index < -0.39 is 97.7 Å². The van der Waals surface area contributed by atoms with E-state index in [2.05, 4.69) is 30.1 Å². The third kappa shape index (κ3) is 7.35. The summed E-state index contributed by atoms with van der Waals surface area (Å²) in [6, 6.07) is -3.42. The Morgan fingerprint density at radius 1 is 0.810 bits per heavy atom. The first kappa shape index (κ1) is 34.0. The van der Waals surface area contributed by atoms with E-state index in [0.29, 0.717) is 6.42 Å². The van der Waals surface area contributed by atoms with Crippen LogP contribution in [0.3, 0.4) is 0 Å². The summed E-state index contributed by atoms with van der Waals surface area (Å²) < 4.78 is 23.5. The summed E-state index contributed by atoms with van der Waals surface area (Å²) >= 11 is 0. The fraction of sp³-hybridized carbons (Fsp3) is 1.00. The SMILES string of the molecule is CCCC[C@@H]1CC(N=[N+]=[N-])[C@@H](O[C@H]2OC([C@@H](C)O)[C@@H](O)[C@H](O)C2N=[N+]=[N-])[C@H](O[C@@H]2O[C@H]([C@H](C)N=[N+]=[N-])C(O)C2O)C1O. The predicted molar refractivity (Wildman–Crippen MR) is 141 cm³/mol. The van der Waals surface area contributed by atoms with Crippen LogP contribution in [0.25, 0.3) is 31.3 Å². The lowest BCUT2D eigenvalue weighted by Gasteiger charge is -2.48. The molecule has 236 valence electrons. The van der Waals surface area contributed by atoms with Crippen molar-refractivity contribution in [3.05, 3.63) is 31.3 Å². The highest BCUT2D eigenvalue weighted by atomic mass is 16.7. The standard InChI is InChI=1S/C23H39N9O10/c1-4-5-6-10-7-11(28-31-25)20(41-22-12(29-32-26)14(35)15(36)19(40-22)9(3)33)21(13(10)34)42-23-17(38)16(37)18(39-23)8(2)27-30-24/h8-23,33-38H,4-7H2,1-3H3/t8-,9+,10+,11?,12?,13?,14+,15-,16?,17?,18+,19?,20+,21+,22+,23-/m0/s1. The fourth-order valence-corrected chi connectivity index (χ4v) is 5.73. The molecule has 0 spiro atoms. The number of azide groups is 3. The molecule has 3 aliphatic rings. The molecule has 1 aliphatic carbocycles.